The fourth-order valence-electron chi connectivity index (χ4n) is 2.99. The van der Waals surface area contributed by atoms with E-state index in [0.29, 0.717) is 19.0 Å². The Kier molecular flexibility index (Phi) is 4.03. The summed E-state index contributed by atoms with van der Waals surface area (Å²) in [5, 5.41) is 0. The van der Waals surface area contributed by atoms with Crippen molar-refractivity contribution < 1.29 is 17.9 Å². The summed E-state index contributed by atoms with van der Waals surface area (Å²) in [7, 11) is -3.19. The quantitative estimate of drug-likeness (QED) is 0.831. The van der Waals surface area contributed by atoms with Gasteiger partial charge in [-0.3, -0.25) is 0 Å². The van der Waals surface area contributed by atoms with Crippen LogP contribution in [0.3, 0.4) is 0 Å². The number of likely N-dealkylation sites (tertiary alicyclic amines) is 1. The zero-order valence-electron chi connectivity index (χ0n) is 12.5. The molecular weight excluding hydrogens is 280 g/mol. The minimum Gasteiger partial charge on any atom is -0.444 e. The second-order valence-corrected chi connectivity index (χ2v) is 8.65. The highest BCUT2D eigenvalue weighted by atomic mass is 32.2. The molecule has 2 fully saturated rings. The molecule has 116 valence electrons. The molecule has 2 rings (SSSR count). The molecule has 0 aromatic carbocycles. The first-order valence-corrected chi connectivity index (χ1v) is 8.89. The van der Waals surface area contributed by atoms with E-state index in [9.17, 15) is 13.2 Å². The first-order chi connectivity index (χ1) is 9.05. The fraction of sp³-hybridized carbons (Fsp3) is 0.923. The monoisotopic (exact) mass is 304 g/mol. The third kappa shape index (κ3) is 3.85. The van der Waals surface area contributed by atoms with Crippen LogP contribution < -0.4 is 4.72 Å². The molecule has 0 aromatic heterocycles. The van der Waals surface area contributed by atoms with Crippen LogP contribution in [0.4, 0.5) is 4.79 Å². The number of nitrogens with one attached hydrogen (secondary N) is 1. The molecule has 0 radical (unpaired) electrons. The number of carbonyl (C=O) groups is 1. The summed E-state index contributed by atoms with van der Waals surface area (Å²) in [4.78, 5) is 13.7. The molecule has 3 atom stereocenters. The van der Waals surface area contributed by atoms with Crippen molar-refractivity contribution in [2.45, 2.75) is 45.3 Å². The van der Waals surface area contributed by atoms with Gasteiger partial charge in [0.05, 0.1) is 6.26 Å². The minimum atomic E-state index is -3.19. The van der Waals surface area contributed by atoms with Gasteiger partial charge in [0, 0.05) is 19.1 Å². The summed E-state index contributed by atoms with van der Waals surface area (Å²) in [6, 6.07) is -0.0414. The maximum absolute atomic E-state index is 12.0. The van der Waals surface area contributed by atoms with Crippen molar-refractivity contribution in [2.75, 3.05) is 19.3 Å². The van der Waals surface area contributed by atoms with E-state index >= 15 is 0 Å². The third-order valence-corrected chi connectivity index (χ3v) is 4.63. The Morgan fingerprint density at radius 2 is 2.00 bits per heavy atom. The van der Waals surface area contributed by atoms with Gasteiger partial charge in [-0.15, -0.1) is 0 Å². The van der Waals surface area contributed by atoms with Crippen LogP contribution in [-0.2, 0) is 14.8 Å². The van der Waals surface area contributed by atoms with E-state index in [-0.39, 0.29) is 18.1 Å². The number of hydrogen-bond acceptors (Lipinski definition) is 4. The van der Waals surface area contributed by atoms with Crippen molar-refractivity contribution >= 4 is 16.1 Å². The van der Waals surface area contributed by atoms with Gasteiger partial charge in [-0.1, -0.05) is 0 Å². The van der Waals surface area contributed by atoms with Crippen molar-refractivity contribution in [2.24, 2.45) is 11.8 Å². The third-order valence-electron chi connectivity index (χ3n) is 3.90. The molecular formula is C13H24N2O4S. The Bertz CT molecular complexity index is 483. The predicted molar refractivity (Wildman–Crippen MR) is 75.8 cm³/mol. The van der Waals surface area contributed by atoms with Crippen molar-refractivity contribution in [1.29, 1.82) is 0 Å². The highest BCUT2D eigenvalue weighted by Crippen LogP contribution is 2.41. The lowest BCUT2D eigenvalue weighted by molar-refractivity contribution is -0.0144. The summed E-state index contributed by atoms with van der Waals surface area (Å²) in [5.74, 6) is 0.735. The van der Waals surface area contributed by atoms with E-state index in [1.165, 1.54) is 6.26 Å². The molecule has 1 saturated heterocycles. The molecule has 0 bridgehead atoms. The zero-order valence-corrected chi connectivity index (χ0v) is 13.4. The largest absolute Gasteiger partial charge is 0.444 e. The van der Waals surface area contributed by atoms with Gasteiger partial charge < -0.3 is 9.64 Å². The number of sulfonamides is 1. The standard InChI is InChI=1S/C13H24N2O4S/c1-13(2,3)19-12(16)15-6-5-9-7-11(10(9)8-15)14-20(4,17)18/h9-11,14H,5-8H2,1-4H3/t9-,10-,11-/m1/s1. The van der Waals surface area contributed by atoms with Crippen LogP contribution in [0.15, 0.2) is 0 Å². The predicted octanol–water partition coefficient (Wildman–Crippen LogP) is 1.18. The summed E-state index contributed by atoms with van der Waals surface area (Å²) >= 11 is 0. The molecule has 1 amide bonds. The molecule has 1 heterocycles. The summed E-state index contributed by atoms with van der Waals surface area (Å²) in [6.45, 7) is 6.80. The second-order valence-electron chi connectivity index (χ2n) is 6.87. The first-order valence-electron chi connectivity index (χ1n) is 7.00. The lowest BCUT2D eigenvalue weighted by Crippen LogP contribution is -2.60. The maximum atomic E-state index is 12.0. The van der Waals surface area contributed by atoms with Gasteiger partial charge in [-0.2, -0.15) is 0 Å². The van der Waals surface area contributed by atoms with Crippen molar-refractivity contribution in [3.8, 4) is 0 Å². The van der Waals surface area contributed by atoms with E-state index < -0.39 is 15.6 Å². The number of fused-ring (bicyclic) bond motifs is 1. The van der Waals surface area contributed by atoms with Gasteiger partial charge in [-0.05, 0) is 45.4 Å². The number of amides is 1. The lowest BCUT2D eigenvalue weighted by Gasteiger charge is -2.50. The molecule has 20 heavy (non-hydrogen) atoms. The fourth-order valence-corrected chi connectivity index (χ4v) is 3.81. The van der Waals surface area contributed by atoms with Crippen LogP contribution in [0.5, 0.6) is 0 Å². The maximum Gasteiger partial charge on any atom is 0.410 e. The molecule has 1 saturated carbocycles. The van der Waals surface area contributed by atoms with Gasteiger partial charge in [0.15, 0.2) is 0 Å². The summed E-state index contributed by atoms with van der Waals surface area (Å²) in [5.41, 5.74) is -0.502. The van der Waals surface area contributed by atoms with E-state index in [1.54, 1.807) is 4.90 Å². The highest BCUT2D eigenvalue weighted by molar-refractivity contribution is 7.88. The Labute approximate surface area is 120 Å². The van der Waals surface area contributed by atoms with Crippen LogP contribution >= 0.6 is 0 Å². The Hall–Kier alpha value is -0.820. The first kappa shape index (κ1) is 15.6. The minimum absolute atomic E-state index is 0.0414. The Morgan fingerprint density at radius 3 is 2.55 bits per heavy atom. The number of ether oxygens (including phenoxy) is 1. The number of nitrogens with zero attached hydrogens (tertiary/aromatic N) is 1. The highest BCUT2D eigenvalue weighted by Gasteiger charge is 2.46. The van der Waals surface area contributed by atoms with E-state index in [2.05, 4.69) is 4.72 Å². The topological polar surface area (TPSA) is 75.7 Å². The SMILES string of the molecule is CC(C)(C)OC(=O)N1CC[C@@H]2C[C@@H](NS(C)(=O)=O)[C@@H]2C1. The summed E-state index contributed by atoms with van der Waals surface area (Å²) < 4.78 is 30.6. The zero-order chi connectivity index (χ0) is 15.1. The number of rotatable bonds is 2. The van der Waals surface area contributed by atoms with Gasteiger partial charge in [-0.25, -0.2) is 17.9 Å². The van der Waals surface area contributed by atoms with Crippen LogP contribution in [0.1, 0.15) is 33.6 Å². The molecule has 6 nitrogen and oxygen atoms in total. The Morgan fingerprint density at radius 1 is 1.35 bits per heavy atom. The number of piperidine rings is 1. The molecule has 1 N–H and O–H groups in total. The van der Waals surface area contributed by atoms with Crippen molar-refractivity contribution in [3.63, 3.8) is 0 Å². The van der Waals surface area contributed by atoms with Crippen molar-refractivity contribution in [3.05, 3.63) is 0 Å². The van der Waals surface area contributed by atoms with Gasteiger partial charge in [0.2, 0.25) is 10.0 Å². The number of hydrogen-bond donors (Lipinski definition) is 1. The normalized spacial score (nSPS) is 30.4. The van der Waals surface area contributed by atoms with E-state index in [0.717, 1.165) is 12.8 Å². The number of carbonyl (C=O) groups excluding carboxylic acids is 1. The molecule has 0 aromatic rings. The van der Waals surface area contributed by atoms with Crippen LogP contribution in [0, 0.1) is 11.8 Å². The molecule has 1 aliphatic carbocycles. The average Bonchev–Trinajstić information content (AvgIpc) is 2.22. The molecule has 7 heteroatoms. The Balaban J connectivity index is 1.92. The van der Waals surface area contributed by atoms with Gasteiger partial charge >= 0.3 is 6.09 Å². The molecule has 2 aliphatic rings. The molecule has 0 unspecified atom stereocenters. The average molecular weight is 304 g/mol. The summed E-state index contributed by atoms with van der Waals surface area (Å²) in [6.07, 6.45) is 2.67. The van der Waals surface area contributed by atoms with Crippen LogP contribution in [0.25, 0.3) is 0 Å². The van der Waals surface area contributed by atoms with E-state index in [4.69, 9.17) is 4.74 Å². The van der Waals surface area contributed by atoms with Gasteiger partial charge in [0.25, 0.3) is 0 Å². The smallest absolute Gasteiger partial charge is 0.410 e. The van der Waals surface area contributed by atoms with Gasteiger partial charge in [0.1, 0.15) is 5.60 Å². The molecule has 1 aliphatic heterocycles. The van der Waals surface area contributed by atoms with Crippen LogP contribution in [-0.4, -0.2) is 50.4 Å². The van der Waals surface area contributed by atoms with E-state index in [1.807, 2.05) is 20.8 Å². The van der Waals surface area contributed by atoms with Crippen LogP contribution in [0.2, 0.25) is 0 Å². The van der Waals surface area contributed by atoms with Crippen molar-refractivity contribution in [1.82, 2.24) is 9.62 Å². The lowest BCUT2D eigenvalue weighted by atomic mass is 9.66. The second kappa shape index (κ2) is 5.18. The molecule has 0 spiro atoms.